The highest BCUT2D eigenvalue weighted by atomic mass is 16.5. The van der Waals surface area contributed by atoms with Crippen molar-refractivity contribution in [2.75, 3.05) is 63.7 Å². The number of ether oxygens (including phenoxy) is 2. The van der Waals surface area contributed by atoms with E-state index in [9.17, 15) is 4.79 Å². The van der Waals surface area contributed by atoms with E-state index in [1.165, 1.54) is 6.42 Å². The van der Waals surface area contributed by atoms with E-state index in [0.717, 1.165) is 85.3 Å². The molecule has 0 spiro atoms. The maximum atomic E-state index is 11.7. The Labute approximate surface area is 240 Å². The molecule has 214 valence electrons. The van der Waals surface area contributed by atoms with Gasteiger partial charge in [0.05, 0.1) is 37.3 Å². The van der Waals surface area contributed by atoms with Crippen LogP contribution in [-0.4, -0.2) is 89.8 Å². The number of para-hydroxylation sites is 1. The minimum atomic E-state index is 0.172. The van der Waals surface area contributed by atoms with Gasteiger partial charge in [-0.3, -0.25) is 9.69 Å². The van der Waals surface area contributed by atoms with Crippen LogP contribution in [0.3, 0.4) is 0 Å². The van der Waals surface area contributed by atoms with Crippen LogP contribution in [0.5, 0.6) is 11.5 Å². The van der Waals surface area contributed by atoms with E-state index in [0.29, 0.717) is 12.0 Å². The molecule has 1 amide bonds. The van der Waals surface area contributed by atoms with Crippen LogP contribution in [0, 0.1) is 0 Å². The number of anilines is 3. The fourth-order valence-electron chi connectivity index (χ4n) is 6.01. The lowest BCUT2D eigenvalue weighted by Crippen LogP contribution is -2.55. The van der Waals surface area contributed by atoms with Crippen molar-refractivity contribution in [1.82, 2.24) is 24.4 Å². The van der Waals surface area contributed by atoms with Crippen LogP contribution >= 0.6 is 0 Å². The first-order valence-electron chi connectivity index (χ1n) is 14.2. The van der Waals surface area contributed by atoms with E-state index in [-0.39, 0.29) is 5.91 Å². The highest BCUT2D eigenvalue weighted by Gasteiger charge is 2.29. The topological polar surface area (TPSA) is 87.5 Å². The van der Waals surface area contributed by atoms with Gasteiger partial charge in [-0.2, -0.15) is 0 Å². The molecule has 0 radical (unpaired) electrons. The van der Waals surface area contributed by atoms with Crippen molar-refractivity contribution in [2.45, 2.75) is 25.8 Å². The number of hydrogen-bond acceptors (Lipinski definition) is 8. The van der Waals surface area contributed by atoms with E-state index in [1.54, 1.807) is 27.3 Å². The van der Waals surface area contributed by atoms with E-state index in [4.69, 9.17) is 14.6 Å². The largest absolute Gasteiger partial charge is 0.496 e. The normalized spacial score (nSPS) is 18.0. The summed E-state index contributed by atoms with van der Waals surface area (Å²) >= 11 is 0. The standard InChI is InChI=1S/C31H37N7O3/c1-22(39)35-15-17-36(18-16-35)25-7-6-14-37(21-25)23-10-12-27(30(19-23)41-3)33-31-32-20-24-11-13-28(38(24)34-31)26-8-4-5-9-29(26)40-2/h4-5,8-13,19-20,25H,6-7,14-18,21H2,1-3H3,(H,33,34). The quantitative estimate of drug-likeness (QED) is 0.362. The Kier molecular flexibility index (Phi) is 7.65. The number of methoxy groups -OCH3 is 2. The van der Waals surface area contributed by atoms with Gasteiger partial charge in [-0.25, -0.2) is 9.50 Å². The second-order valence-corrected chi connectivity index (χ2v) is 10.6. The monoisotopic (exact) mass is 555 g/mol. The minimum absolute atomic E-state index is 0.172. The molecule has 6 rings (SSSR count). The van der Waals surface area contributed by atoms with Crippen LogP contribution in [0.2, 0.25) is 0 Å². The van der Waals surface area contributed by atoms with E-state index < -0.39 is 0 Å². The zero-order valence-electron chi connectivity index (χ0n) is 23.9. The summed E-state index contributed by atoms with van der Waals surface area (Å²) in [7, 11) is 3.36. The van der Waals surface area contributed by atoms with Crippen LogP contribution in [0.25, 0.3) is 16.8 Å². The number of nitrogens with zero attached hydrogens (tertiary/aromatic N) is 6. The number of aromatic nitrogens is 3. The average molecular weight is 556 g/mol. The number of nitrogens with one attached hydrogen (secondary N) is 1. The number of rotatable bonds is 7. The predicted octanol–water partition coefficient (Wildman–Crippen LogP) is 4.29. The Bertz CT molecular complexity index is 1530. The summed E-state index contributed by atoms with van der Waals surface area (Å²) in [4.78, 5) is 23.2. The lowest BCUT2D eigenvalue weighted by atomic mass is 10.0. The first-order valence-corrected chi connectivity index (χ1v) is 14.2. The molecule has 1 unspecified atom stereocenters. The maximum absolute atomic E-state index is 11.7. The Morgan fingerprint density at radius 3 is 2.54 bits per heavy atom. The Balaban J connectivity index is 1.19. The summed E-state index contributed by atoms with van der Waals surface area (Å²) in [6.07, 6.45) is 4.13. The lowest BCUT2D eigenvalue weighted by Gasteiger charge is -2.44. The van der Waals surface area contributed by atoms with Crippen LogP contribution < -0.4 is 19.7 Å². The highest BCUT2D eigenvalue weighted by molar-refractivity contribution is 5.74. The fourth-order valence-corrected chi connectivity index (χ4v) is 6.01. The summed E-state index contributed by atoms with van der Waals surface area (Å²) in [5, 5.41) is 8.15. The van der Waals surface area contributed by atoms with Crippen LogP contribution in [0.4, 0.5) is 17.3 Å². The molecule has 2 aliphatic heterocycles. The number of carbonyl (C=O) groups is 1. The van der Waals surface area contributed by atoms with Gasteiger partial charge in [0.2, 0.25) is 11.9 Å². The van der Waals surface area contributed by atoms with Gasteiger partial charge in [0, 0.05) is 69.6 Å². The molecule has 0 bridgehead atoms. The van der Waals surface area contributed by atoms with Gasteiger partial charge in [-0.05, 0) is 49.2 Å². The third kappa shape index (κ3) is 5.52. The molecule has 41 heavy (non-hydrogen) atoms. The molecule has 0 aliphatic carbocycles. The maximum Gasteiger partial charge on any atom is 0.245 e. The number of piperidine rings is 1. The number of benzene rings is 2. The van der Waals surface area contributed by atoms with Crippen molar-refractivity contribution < 1.29 is 14.3 Å². The molecule has 10 nitrogen and oxygen atoms in total. The van der Waals surface area contributed by atoms with Gasteiger partial charge in [0.15, 0.2) is 0 Å². The van der Waals surface area contributed by atoms with Gasteiger partial charge >= 0.3 is 0 Å². The van der Waals surface area contributed by atoms with Crippen LogP contribution in [0.1, 0.15) is 19.8 Å². The third-order valence-corrected chi connectivity index (χ3v) is 8.25. The van der Waals surface area contributed by atoms with Gasteiger partial charge < -0.3 is 24.6 Å². The first-order chi connectivity index (χ1) is 20.0. The molecular weight excluding hydrogens is 518 g/mol. The van der Waals surface area contributed by atoms with Gasteiger partial charge in [-0.1, -0.05) is 12.1 Å². The summed E-state index contributed by atoms with van der Waals surface area (Å²) in [6.45, 7) is 7.15. The zero-order valence-corrected chi connectivity index (χ0v) is 23.9. The molecule has 1 N–H and O–H groups in total. The van der Waals surface area contributed by atoms with E-state index in [1.807, 2.05) is 51.9 Å². The molecule has 4 heterocycles. The highest BCUT2D eigenvalue weighted by Crippen LogP contribution is 2.34. The Hall–Kier alpha value is -4.31. The molecule has 10 heteroatoms. The minimum Gasteiger partial charge on any atom is -0.496 e. The van der Waals surface area contributed by atoms with Crippen molar-refractivity contribution in [2.24, 2.45) is 0 Å². The summed E-state index contributed by atoms with van der Waals surface area (Å²) < 4.78 is 13.3. The molecular formula is C31H37N7O3. The smallest absolute Gasteiger partial charge is 0.245 e. The van der Waals surface area contributed by atoms with Crippen LogP contribution in [-0.2, 0) is 4.79 Å². The summed E-state index contributed by atoms with van der Waals surface area (Å²) in [5.74, 6) is 2.17. The third-order valence-electron chi connectivity index (χ3n) is 8.25. The Morgan fingerprint density at radius 2 is 1.76 bits per heavy atom. The second kappa shape index (κ2) is 11.7. The van der Waals surface area contributed by atoms with Crippen molar-refractivity contribution in [3.8, 4) is 22.8 Å². The molecule has 2 saturated heterocycles. The first kappa shape index (κ1) is 26.9. The molecule has 0 saturated carbocycles. The molecule has 2 aromatic carbocycles. The lowest BCUT2D eigenvalue weighted by molar-refractivity contribution is -0.130. The zero-order chi connectivity index (χ0) is 28.3. The summed E-state index contributed by atoms with van der Waals surface area (Å²) in [5.41, 5.74) is 4.71. The number of amides is 1. The molecule has 2 aliphatic rings. The second-order valence-electron chi connectivity index (χ2n) is 10.6. The number of hydrogen-bond donors (Lipinski definition) is 1. The average Bonchev–Trinajstić information content (AvgIpc) is 3.44. The fraction of sp³-hybridized carbons (Fsp3) is 0.387. The summed E-state index contributed by atoms with van der Waals surface area (Å²) in [6, 6.07) is 18.7. The van der Waals surface area contributed by atoms with Crippen molar-refractivity contribution >= 4 is 28.7 Å². The van der Waals surface area contributed by atoms with Gasteiger partial charge in [-0.15, -0.1) is 5.10 Å². The Morgan fingerprint density at radius 1 is 0.951 bits per heavy atom. The van der Waals surface area contributed by atoms with Crippen molar-refractivity contribution in [3.05, 3.63) is 60.8 Å². The van der Waals surface area contributed by atoms with Crippen molar-refractivity contribution in [1.29, 1.82) is 0 Å². The number of piperazine rings is 1. The van der Waals surface area contributed by atoms with Gasteiger partial charge in [0.25, 0.3) is 0 Å². The number of fused-ring (bicyclic) bond motifs is 1. The van der Waals surface area contributed by atoms with Gasteiger partial charge in [0.1, 0.15) is 11.5 Å². The molecule has 2 fully saturated rings. The number of carbonyl (C=O) groups excluding carboxylic acids is 1. The van der Waals surface area contributed by atoms with E-state index in [2.05, 4.69) is 32.2 Å². The molecule has 4 aromatic rings. The van der Waals surface area contributed by atoms with Crippen molar-refractivity contribution in [3.63, 3.8) is 0 Å². The van der Waals surface area contributed by atoms with E-state index >= 15 is 0 Å². The predicted molar refractivity (Wildman–Crippen MR) is 160 cm³/mol. The molecule has 2 aromatic heterocycles. The SMILES string of the molecule is COc1cc(N2CCCC(N3CCN(C(C)=O)CC3)C2)ccc1Nc1ncc2ccc(-c3ccccc3OC)n2n1. The van der Waals surface area contributed by atoms with Crippen LogP contribution in [0.15, 0.2) is 60.8 Å². The molecule has 1 atom stereocenters.